The SMILES string of the molecule is Cc1ccc(C)c(NC(=S)Nc2cccc3c(=O)[nH][nH]c(=O)c23)c1. The summed E-state index contributed by atoms with van der Waals surface area (Å²) in [5, 5.41) is 11.7. The average Bonchev–Trinajstić information content (AvgIpc) is 2.54. The second kappa shape index (κ2) is 6.29. The molecular formula is C17H16N4O2S. The molecule has 0 aliphatic heterocycles. The highest BCUT2D eigenvalue weighted by Crippen LogP contribution is 2.19. The summed E-state index contributed by atoms with van der Waals surface area (Å²) in [7, 11) is 0. The van der Waals surface area contributed by atoms with Crippen molar-refractivity contribution in [1.82, 2.24) is 10.2 Å². The maximum Gasteiger partial charge on any atom is 0.272 e. The first-order valence-electron chi connectivity index (χ1n) is 7.34. The number of aromatic amines is 2. The molecule has 3 aromatic rings. The molecule has 0 saturated heterocycles. The number of anilines is 2. The first-order valence-corrected chi connectivity index (χ1v) is 7.75. The third-order valence-electron chi connectivity index (χ3n) is 3.72. The van der Waals surface area contributed by atoms with Gasteiger partial charge in [0.15, 0.2) is 5.11 Å². The summed E-state index contributed by atoms with van der Waals surface area (Å²) >= 11 is 5.34. The maximum absolute atomic E-state index is 12.1. The molecule has 2 aromatic carbocycles. The third-order valence-corrected chi connectivity index (χ3v) is 3.92. The molecule has 0 bridgehead atoms. The van der Waals surface area contributed by atoms with Crippen molar-refractivity contribution in [2.45, 2.75) is 13.8 Å². The predicted octanol–water partition coefficient (Wildman–Crippen LogP) is 2.64. The monoisotopic (exact) mass is 340 g/mol. The van der Waals surface area contributed by atoms with Crippen molar-refractivity contribution in [1.29, 1.82) is 0 Å². The lowest BCUT2D eigenvalue weighted by Crippen LogP contribution is -2.23. The molecule has 4 N–H and O–H groups in total. The van der Waals surface area contributed by atoms with Gasteiger partial charge in [-0.1, -0.05) is 18.2 Å². The van der Waals surface area contributed by atoms with Gasteiger partial charge < -0.3 is 10.6 Å². The van der Waals surface area contributed by atoms with Crippen LogP contribution in [0.3, 0.4) is 0 Å². The number of hydrogen-bond acceptors (Lipinski definition) is 3. The highest BCUT2D eigenvalue weighted by atomic mass is 32.1. The minimum atomic E-state index is -0.387. The highest BCUT2D eigenvalue weighted by Gasteiger charge is 2.10. The van der Waals surface area contributed by atoms with Gasteiger partial charge in [-0.15, -0.1) is 0 Å². The number of fused-ring (bicyclic) bond motifs is 1. The lowest BCUT2D eigenvalue weighted by molar-refractivity contribution is 0.977. The molecule has 0 amide bonds. The molecule has 0 unspecified atom stereocenters. The number of aryl methyl sites for hydroxylation is 2. The molecule has 3 rings (SSSR count). The summed E-state index contributed by atoms with van der Waals surface area (Å²) < 4.78 is 0. The van der Waals surface area contributed by atoms with E-state index >= 15 is 0 Å². The number of benzene rings is 2. The van der Waals surface area contributed by atoms with Crippen LogP contribution in [-0.4, -0.2) is 15.3 Å². The Bertz CT molecular complexity index is 1050. The topological polar surface area (TPSA) is 89.8 Å². The van der Waals surface area contributed by atoms with E-state index in [1.54, 1.807) is 18.2 Å². The van der Waals surface area contributed by atoms with Gasteiger partial charge in [0.1, 0.15) is 0 Å². The number of aromatic nitrogens is 2. The fourth-order valence-electron chi connectivity index (χ4n) is 2.48. The van der Waals surface area contributed by atoms with Gasteiger partial charge in [0, 0.05) is 5.69 Å². The van der Waals surface area contributed by atoms with E-state index < -0.39 is 0 Å². The molecule has 1 aromatic heterocycles. The fourth-order valence-corrected chi connectivity index (χ4v) is 2.70. The van der Waals surface area contributed by atoms with E-state index in [-0.39, 0.29) is 16.5 Å². The molecule has 24 heavy (non-hydrogen) atoms. The molecular weight excluding hydrogens is 324 g/mol. The second-order valence-corrected chi connectivity index (χ2v) is 5.94. The Balaban J connectivity index is 1.94. The van der Waals surface area contributed by atoms with Gasteiger partial charge in [-0.25, -0.2) is 0 Å². The van der Waals surface area contributed by atoms with E-state index in [0.717, 1.165) is 16.8 Å². The number of H-pyrrole nitrogens is 2. The van der Waals surface area contributed by atoms with Gasteiger partial charge >= 0.3 is 0 Å². The van der Waals surface area contributed by atoms with E-state index in [9.17, 15) is 9.59 Å². The van der Waals surface area contributed by atoms with Crippen molar-refractivity contribution in [2.75, 3.05) is 10.6 Å². The standard InChI is InChI=1S/C17H16N4O2S/c1-9-6-7-10(2)13(8-9)19-17(24)18-12-5-3-4-11-14(12)16(23)21-20-15(11)22/h3-8H,1-2H3,(H,20,22)(H,21,23)(H2,18,19,24). The number of hydrogen-bond donors (Lipinski definition) is 4. The van der Waals surface area contributed by atoms with Crippen molar-refractivity contribution in [3.05, 3.63) is 68.2 Å². The van der Waals surface area contributed by atoms with Gasteiger partial charge in [0.2, 0.25) is 0 Å². The summed E-state index contributed by atoms with van der Waals surface area (Å²) in [6, 6.07) is 11.0. The summed E-state index contributed by atoms with van der Waals surface area (Å²) in [4.78, 5) is 23.9. The van der Waals surface area contributed by atoms with E-state index in [2.05, 4.69) is 20.8 Å². The highest BCUT2D eigenvalue weighted by molar-refractivity contribution is 7.80. The lowest BCUT2D eigenvalue weighted by atomic mass is 10.1. The van der Waals surface area contributed by atoms with Crippen LogP contribution in [0.1, 0.15) is 11.1 Å². The Morgan fingerprint density at radius 1 is 0.958 bits per heavy atom. The van der Waals surface area contributed by atoms with E-state index in [1.165, 1.54) is 0 Å². The minimum absolute atomic E-state index is 0.270. The van der Waals surface area contributed by atoms with Crippen LogP contribution in [0.4, 0.5) is 11.4 Å². The molecule has 6 nitrogen and oxygen atoms in total. The van der Waals surface area contributed by atoms with Crippen LogP contribution in [-0.2, 0) is 0 Å². The van der Waals surface area contributed by atoms with E-state index in [4.69, 9.17) is 12.2 Å². The average molecular weight is 340 g/mol. The summed E-state index contributed by atoms with van der Waals surface area (Å²) in [6.07, 6.45) is 0. The van der Waals surface area contributed by atoms with Gasteiger partial charge in [-0.05, 0) is 55.4 Å². The van der Waals surface area contributed by atoms with Gasteiger partial charge in [-0.2, -0.15) is 0 Å². The molecule has 0 saturated carbocycles. The van der Waals surface area contributed by atoms with Crippen LogP contribution in [0, 0.1) is 13.8 Å². The van der Waals surface area contributed by atoms with Gasteiger partial charge in [0.25, 0.3) is 11.1 Å². The Kier molecular flexibility index (Phi) is 4.18. The fraction of sp³-hybridized carbons (Fsp3) is 0.118. The number of thiocarbonyl (C=S) groups is 1. The molecule has 7 heteroatoms. The Morgan fingerprint density at radius 2 is 1.67 bits per heavy atom. The molecule has 0 radical (unpaired) electrons. The first-order chi connectivity index (χ1) is 11.5. The van der Waals surface area contributed by atoms with Crippen LogP contribution < -0.4 is 21.8 Å². The predicted molar refractivity (Wildman–Crippen MR) is 101 cm³/mol. The van der Waals surface area contributed by atoms with Crippen LogP contribution in [0.2, 0.25) is 0 Å². The molecule has 122 valence electrons. The van der Waals surface area contributed by atoms with Crippen LogP contribution >= 0.6 is 12.2 Å². The number of nitrogens with one attached hydrogen (secondary N) is 4. The van der Waals surface area contributed by atoms with Crippen molar-refractivity contribution < 1.29 is 0 Å². The van der Waals surface area contributed by atoms with Gasteiger partial charge in [0.05, 0.1) is 16.5 Å². The normalized spacial score (nSPS) is 10.6. The van der Waals surface area contributed by atoms with Crippen molar-refractivity contribution in [3.63, 3.8) is 0 Å². The number of rotatable bonds is 2. The van der Waals surface area contributed by atoms with Crippen LogP contribution in [0.5, 0.6) is 0 Å². The molecule has 0 atom stereocenters. The first kappa shape index (κ1) is 15.9. The molecule has 0 aliphatic carbocycles. The maximum atomic E-state index is 12.1. The quantitative estimate of drug-likeness (QED) is 0.539. The lowest BCUT2D eigenvalue weighted by Gasteiger charge is -2.14. The Hall–Kier alpha value is -2.93. The second-order valence-electron chi connectivity index (χ2n) is 5.53. The zero-order valence-electron chi connectivity index (χ0n) is 13.2. The van der Waals surface area contributed by atoms with Crippen molar-refractivity contribution in [2.24, 2.45) is 0 Å². The molecule has 0 spiro atoms. The van der Waals surface area contributed by atoms with E-state index in [0.29, 0.717) is 16.2 Å². The zero-order chi connectivity index (χ0) is 17.3. The van der Waals surface area contributed by atoms with Crippen molar-refractivity contribution >= 4 is 39.5 Å². The Morgan fingerprint density at radius 3 is 2.46 bits per heavy atom. The minimum Gasteiger partial charge on any atom is -0.332 e. The summed E-state index contributed by atoms with van der Waals surface area (Å²) in [6.45, 7) is 3.98. The smallest absolute Gasteiger partial charge is 0.272 e. The van der Waals surface area contributed by atoms with E-state index in [1.807, 2.05) is 32.0 Å². The molecule has 1 heterocycles. The van der Waals surface area contributed by atoms with Crippen LogP contribution in [0.15, 0.2) is 46.0 Å². The summed E-state index contributed by atoms with van der Waals surface area (Å²) in [5.74, 6) is 0. The molecule has 0 fully saturated rings. The zero-order valence-corrected chi connectivity index (χ0v) is 14.0. The van der Waals surface area contributed by atoms with Crippen molar-refractivity contribution in [3.8, 4) is 0 Å². The molecule has 0 aliphatic rings. The largest absolute Gasteiger partial charge is 0.332 e. The summed E-state index contributed by atoms with van der Waals surface area (Å²) in [5.41, 5.74) is 2.78. The Labute approximate surface area is 142 Å². The third kappa shape index (κ3) is 3.07. The van der Waals surface area contributed by atoms with Crippen LogP contribution in [0.25, 0.3) is 10.8 Å². The van der Waals surface area contributed by atoms with Gasteiger partial charge in [-0.3, -0.25) is 19.8 Å².